The molecule has 10 aromatic rings. The summed E-state index contributed by atoms with van der Waals surface area (Å²) >= 11 is 0. The van der Waals surface area contributed by atoms with E-state index < -0.39 is 0 Å². The van der Waals surface area contributed by atoms with Crippen molar-refractivity contribution in [3.63, 3.8) is 0 Å². The van der Waals surface area contributed by atoms with Crippen molar-refractivity contribution in [1.29, 1.82) is 0 Å². The zero-order valence-electron chi connectivity index (χ0n) is 34.4. The second-order valence-corrected chi connectivity index (χ2v) is 17.7. The first kappa shape index (κ1) is 34.8. The Kier molecular flexibility index (Phi) is 7.36. The summed E-state index contributed by atoms with van der Waals surface area (Å²) in [5, 5.41) is 4.98. The molecule has 0 radical (unpaired) electrons. The molecule has 0 N–H and O–H groups in total. The molecule has 286 valence electrons. The standard InChI is InChI=1S/C58H44N2/c1-57(2)49-27-10-6-23-47(49)55-50(57)28-16-31-53(55)60(54-32-15-25-46-43-20-5-9-26-48(43)58(3,4)56(46)54)40-33-34-42-38(36-40)18-14-24-41(42)37-17-13-19-39(35-37)59-51-29-11-7-21-44(51)45-22-8-12-30-52(45)59/h5-36H,1-4H3. The normalized spacial score (nSPS) is 14.3. The molecule has 0 atom stereocenters. The van der Waals surface area contributed by atoms with Crippen molar-refractivity contribution < 1.29 is 0 Å². The third kappa shape index (κ3) is 4.82. The highest BCUT2D eigenvalue weighted by molar-refractivity contribution is 6.09. The van der Waals surface area contributed by atoms with Crippen LogP contribution in [0, 0.1) is 0 Å². The molecule has 0 fully saturated rings. The maximum Gasteiger partial charge on any atom is 0.0543 e. The number of anilines is 3. The molecule has 9 aromatic carbocycles. The van der Waals surface area contributed by atoms with Gasteiger partial charge in [-0.3, -0.25) is 0 Å². The smallest absolute Gasteiger partial charge is 0.0543 e. The van der Waals surface area contributed by atoms with Gasteiger partial charge in [-0.1, -0.05) is 173 Å². The van der Waals surface area contributed by atoms with Crippen LogP contribution in [0.25, 0.3) is 71.6 Å². The van der Waals surface area contributed by atoms with E-state index in [1.54, 1.807) is 0 Å². The van der Waals surface area contributed by atoms with Gasteiger partial charge < -0.3 is 9.47 Å². The Bertz CT molecular complexity index is 3340. The Morgan fingerprint density at radius 2 is 0.983 bits per heavy atom. The van der Waals surface area contributed by atoms with Crippen molar-refractivity contribution >= 4 is 49.6 Å². The average molecular weight is 769 g/mol. The molecule has 1 heterocycles. The fourth-order valence-corrected chi connectivity index (χ4v) is 11.0. The highest BCUT2D eigenvalue weighted by Crippen LogP contribution is 2.58. The predicted octanol–water partition coefficient (Wildman–Crippen LogP) is 15.7. The van der Waals surface area contributed by atoms with Crippen LogP contribution in [0.15, 0.2) is 194 Å². The summed E-state index contributed by atoms with van der Waals surface area (Å²) < 4.78 is 2.41. The van der Waals surface area contributed by atoms with Crippen LogP contribution in [0.4, 0.5) is 17.1 Å². The second-order valence-electron chi connectivity index (χ2n) is 17.7. The van der Waals surface area contributed by atoms with E-state index in [4.69, 9.17) is 0 Å². The van der Waals surface area contributed by atoms with Gasteiger partial charge in [-0.15, -0.1) is 0 Å². The topological polar surface area (TPSA) is 8.17 Å². The molecule has 2 heteroatoms. The molecular formula is C58H44N2. The highest BCUT2D eigenvalue weighted by Gasteiger charge is 2.41. The molecule has 0 saturated carbocycles. The quantitative estimate of drug-likeness (QED) is 0.169. The van der Waals surface area contributed by atoms with Crippen molar-refractivity contribution in [3.05, 3.63) is 216 Å². The molecule has 0 aliphatic heterocycles. The van der Waals surface area contributed by atoms with Gasteiger partial charge in [-0.2, -0.15) is 0 Å². The Labute approximate surface area is 351 Å². The fraction of sp³-hybridized carbons (Fsp3) is 0.103. The van der Waals surface area contributed by atoms with E-state index in [0.29, 0.717) is 0 Å². The molecule has 60 heavy (non-hydrogen) atoms. The van der Waals surface area contributed by atoms with E-state index in [9.17, 15) is 0 Å². The van der Waals surface area contributed by atoms with Crippen LogP contribution >= 0.6 is 0 Å². The van der Waals surface area contributed by atoms with Gasteiger partial charge in [0, 0.05) is 38.5 Å². The molecule has 0 spiro atoms. The Morgan fingerprint density at radius 3 is 1.77 bits per heavy atom. The number of benzene rings is 9. The van der Waals surface area contributed by atoms with Crippen molar-refractivity contribution in [3.8, 4) is 39.1 Å². The summed E-state index contributed by atoms with van der Waals surface area (Å²) in [4.78, 5) is 2.57. The van der Waals surface area contributed by atoms with Crippen LogP contribution in [0.1, 0.15) is 49.9 Å². The van der Waals surface area contributed by atoms with Gasteiger partial charge in [0.05, 0.1) is 22.4 Å². The van der Waals surface area contributed by atoms with E-state index in [1.807, 2.05) is 0 Å². The van der Waals surface area contributed by atoms with E-state index in [2.05, 4.69) is 231 Å². The van der Waals surface area contributed by atoms with Gasteiger partial charge >= 0.3 is 0 Å². The molecule has 12 rings (SSSR count). The second kappa shape index (κ2) is 12.7. The monoisotopic (exact) mass is 768 g/mol. The fourth-order valence-electron chi connectivity index (χ4n) is 11.0. The first-order valence-electron chi connectivity index (χ1n) is 21.2. The number of rotatable bonds is 5. The predicted molar refractivity (Wildman–Crippen MR) is 254 cm³/mol. The Hall–Kier alpha value is -7.16. The van der Waals surface area contributed by atoms with Crippen molar-refractivity contribution in [1.82, 2.24) is 4.57 Å². The van der Waals surface area contributed by atoms with Crippen LogP contribution in [0.5, 0.6) is 0 Å². The van der Waals surface area contributed by atoms with Gasteiger partial charge in [0.15, 0.2) is 0 Å². The lowest BCUT2D eigenvalue weighted by atomic mass is 9.81. The first-order valence-corrected chi connectivity index (χ1v) is 21.2. The van der Waals surface area contributed by atoms with Crippen molar-refractivity contribution in [2.24, 2.45) is 0 Å². The number of hydrogen-bond acceptors (Lipinski definition) is 1. The molecule has 2 aliphatic rings. The minimum Gasteiger partial charge on any atom is -0.310 e. The summed E-state index contributed by atoms with van der Waals surface area (Å²) in [7, 11) is 0. The third-order valence-corrected chi connectivity index (χ3v) is 13.7. The molecule has 2 aliphatic carbocycles. The maximum absolute atomic E-state index is 2.57. The molecule has 2 nitrogen and oxygen atoms in total. The zero-order chi connectivity index (χ0) is 40.3. The van der Waals surface area contributed by atoms with E-state index in [-0.39, 0.29) is 10.8 Å². The average Bonchev–Trinajstić information content (AvgIpc) is 3.84. The molecular weight excluding hydrogens is 725 g/mol. The van der Waals surface area contributed by atoms with Crippen LogP contribution in [-0.4, -0.2) is 4.57 Å². The largest absolute Gasteiger partial charge is 0.310 e. The maximum atomic E-state index is 2.57. The lowest BCUT2D eigenvalue weighted by Crippen LogP contribution is -2.21. The summed E-state index contributed by atoms with van der Waals surface area (Å²) in [6.45, 7) is 9.54. The van der Waals surface area contributed by atoms with Crippen LogP contribution < -0.4 is 4.90 Å². The molecule has 0 saturated heterocycles. The number of aromatic nitrogens is 1. The van der Waals surface area contributed by atoms with Crippen LogP contribution in [0.2, 0.25) is 0 Å². The van der Waals surface area contributed by atoms with Crippen LogP contribution in [0.3, 0.4) is 0 Å². The van der Waals surface area contributed by atoms with E-state index in [0.717, 1.165) is 11.4 Å². The zero-order valence-corrected chi connectivity index (χ0v) is 34.4. The SMILES string of the molecule is CC1(C)c2ccccc2-c2c(N(c3ccc4c(-c5cccc(-n6c7ccccc7c7ccccc76)c5)cccc4c3)c3cccc4c3C(C)(C)c3ccccc3-4)cccc21. The Balaban J connectivity index is 1.06. The summed E-state index contributed by atoms with van der Waals surface area (Å²) in [5.74, 6) is 0. The molecule has 1 aromatic heterocycles. The summed E-state index contributed by atoms with van der Waals surface area (Å²) in [5.41, 5.74) is 20.1. The minimum absolute atomic E-state index is 0.117. The summed E-state index contributed by atoms with van der Waals surface area (Å²) in [6.07, 6.45) is 0. The van der Waals surface area contributed by atoms with Gasteiger partial charge in [-0.05, 0) is 109 Å². The first-order chi connectivity index (χ1) is 29.3. The number of hydrogen-bond donors (Lipinski definition) is 0. The highest BCUT2D eigenvalue weighted by atomic mass is 15.1. The van der Waals surface area contributed by atoms with Gasteiger partial charge in [0.1, 0.15) is 0 Å². The molecule has 0 unspecified atom stereocenters. The van der Waals surface area contributed by atoms with Gasteiger partial charge in [0.2, 0.25) is 0 Å². The molecule has 0 bridgehead atoms. The minimum atomic E-state index is -0.193. The van der Waals surface area contributed by atoms with Gasteiger partial charge in [-0.25, -0.2) is 0 Å². The van der Waals surface area contributed by atoms with E-state index >= 15 is 0 Å². The van der Waals surface area contributed by atoms with Gasteiger partial charge in [0.25, 0.3) is 0 Å². The number of fused-ring (bicyclic) bond motifs is 10. The Morgan fingerprint density at radius 1 is 0.400 bits per heavy atom. The molecule has 0 amide bonds. The van der Waals surface area contributed by atoms with Crippen molar-refractivity contribution in [2.45, 2.75) is 38.5 Å². The van der Waals surface area contributed by atoms with E-state index in [1.165, 1.54) is 99.6 Å². The van der Waals surface area contributed by atoms with Crippen molar-refractivity contribution in [2.75, 3.05) is 4.90 Å². The summed E-state index contributed by atoms with van der Waals surface area (Å²) in [6, 6.07) is 72.3. The third-order valence-electron chi connectivity index (χ3n) is 13.7. The number of para-hydroxylation sites is 2. The lowest BCUT2D eigenvalue weighted by Gasteiger charge is -2.34. The lowest BCUT2D eigenvalue weighted by molar-refractivity contribution is 0.659. The number of nitrogens with zero attached hydrogens (tertiary/aromatic N) is 2. The van der Waals surface area contributed by atoms with Crippen LogP contribution in [-0.2, 0) is 10.8 Å².